The van der Waals surface area contributed by atoms with Crippen LogP contribution in [0, 0.1) is 5.95 Å². The van der Waals surface area contributed by atoms with Gasteiger partial charge in [-0.15, -0.1) is 0 Å². The van der Waals surface area contributed by atoms with Crippen LogP contribution in [-0.4, -0.2) is 14.3 Å². The zero-order valence-electron chi connectivity index (χ0n) is 10.9. The van der Waals surface area contributed by atoms with E-state index in [0.717, 1.165) is 31.4 Å². The molecule has 0 spiro atoms. The highest BCUT2D eigenvalue weighted by molar-refractivity contribution is 7.12. The molecule has 3 rings (SSSR count). The van der Waals surface area contributed by atoms with Crippen LogP contribution in [0.25, 0.3) is 10.2 Å². The Morgan fingerprint density at radius 2 is 1.80 bits per heavy atom. The summed E-state index contributed by atoms with van der Waals surface area (Å²) < 4.78 is 18.0. The fourth-order valence-electron chi connectivity index (χ4n) is 2.24. The fourth-order valence-corrected chi connectivity index (χ4v) is 3.01. The molecule has 20 heavy (non-hydrogen) atoms. The van der Waals surface area contributed by atoms with E-state index in [4.69, 9.17) is 0 Å². The van der Waals surface area contributed by atoms with Crippen LogP contribution in [0.1, 0.15) is 24.1 Å². The summed E-state index contributed by atoms with van der Waals surface area (Å²) in [4.78, 5) is 8.28. The Morgan fingerprint density at radius 3 is 2.65 bits per heavy atom. The molecule has 0 saturated heterocycles. The predicted octanol–water partition coefficient (Wildman–Crippen LogP) is 3.79. The Hall–Kier alpha value is -1.88. The molecule has 0 saturated carbocycles. The molecule has 0 aliphatic carbocycles. The van der Waals surface area contributed by atoms with Crippen molar-refractivity contribution in [1.29, 1.82) is 0 Å². The largest absolute Gasteiger partial charge is 0.226 e. The Morgan fingerprint density at radius 1 is 1.00 bits per heavy atom. The van der Waals surface area contributed by atoms with Gasteiger partial charge >= 0.3 is 0 Å². The summed E-state index contributed by atoms with van der Waals surface area (Å²) in [5.74, 6) is -0.457. The summed E-state index contributed by atoms with van der Waals surface area (Å²) in [5, 5.41) is 0.497. The molecule has 5 heteroatoms. The van der Waals surface area contributed by atoms with Crippen LogP contribution in [0.4, 0.5) is 4.39 Å². The van der Waals surface area contributed by atoms with Crippen molar-refractivity contribution in [2.45, 2.75) is 25.7 Å². The third kappa shape index (κ3) is 2.82. The topological polar surface area (TPSA) is 38.7 Å². The first-order valence-electron chi connectivity index (χ1n) is 6.63. The maximum atomic E-state index is 13.7. The lowest BCUT2D eigenvalue weighted by Gasteiger charge is -2.01. The van der Waals surface area contributed by atoms with Crippen molar-refractivity contribution in [1.82, 2.24) is 14.3 Å². The zero-order chi connectivity index (χ0) is 13.8. The molecule has 0 bridgehead atoms. The molecule has 3 nitrogen and oxygen atoms in total. The zero-order valence-corrected chi connectivity index (χ0v) is 11.7. The smallest absolute Gasteiger partial charge is 0.224 e. The van der Waals surface area contributed by atoms with Crippen LogP contribution < -0.4 is 0 Å². The van der Waals surface area contributed by atoms with E-state index >= 15 is 0 Å². The molecular formula is C15H14FN3S. The van der Waals surface area contributed by atoms with Gasteiger partial charge in [-0.3, -0.25) is 0 Å². The Balaban J connectivity index is 1.60. The molecule has 0 N–H and O–H groups in total. The van der Waals surface area contributed by atoms with E-state index in [-0.39, 0.29) is 0 Å². The summed E-state index contributed by atoms with van der Waals surface area (Å²) in [6.45, 7) is 0. The van der Waals surface area contributed by atoms with E-state index in [2.05, 4.69) is 38.6 Å². The molecule has 1 aromatic carbocycles. The molecule has 0 aliphatic rings. The van der Waals surface area contributed by atoms with Gasteiger partial charge in [-0.2, -0.15) is 8.76 Å². The van der Waals surface area contributed by atoms with Crippen molar-refractivity contribution in [2.24, 2.45) is 0 Å². The lowest BCUT2D eigenvalue weighted by molar-refractivity contribution is 0.592. The molecule has 3 aromatic rings. The highest BCUT2D eigenvalue weighted by Crippen LogP contribution is 2.23. The Kier molecular flexibility index (Phi) is 3.97. The average molecular weight is 287 g/mol. The molecule has 102 valence electrons. The number of hydrogen-bond donors (Lipinski definition) is 0. The molecule has 0 unspecified atom stereocenters. The van der Waals surface area contributed by atoms with Crippen molar-refractivity contribution < 1.29 is 4.39 Å². The molecular weight excluding hydrogens is 273 g/mol. The van der Waals surface area contributed by atoms with Crippen LogP contribution >= 0.6 is 11.5 Å². The van der Waals surface area contributed by atoms with Gasteiger partial charge in [-0.05, 0) is 42.8 Å². The number of aryl methyl sites for hydroxylation is 2. The number of halogens is 1. The summed E-state index contributed by atoms with van der Waals surface area (Å²) in [6, 6.07) is 10.4. The molecule has 0 aliphatic heterocycles. The SMILES string of the molecule is Fc1ncnc2snc(CCCCc3ccccc3)c12. The number of rotatable bonds is 5. The van der Waals surface area contributed by atoms with Gasteiger partial charge in [0.15, 0.2) is 0 Å². The second kappa shape index (κ2) is 6.05. The molecule has 0 atom stereocenters. The van der Waals surface area contributed by atoms with Crippen molar-refractivity contribution in [3.05, 3.63) is 53.9 Å². The van der Waals surface area contributed by atoms with Gasteiger partial charge in [0.25, 0.3) is 0 Å². The molecule has 0 amide bonds. The third-order valence-electron chi connectivity index (χ3n) is 3.27. The minimum atomic E-state index is -0.457. The predicted molar refractivity (Wildman–Crippen MR) is 78.3 cm³/mol. The second-order valence-corrected chi connectivity index (χ2v) is 5.42. The summed E-state index contributed by atoms with van der Waals surface area (Å²) in [6.07, 6.45) is 5.12. The van der Waals surface area contributed by atoms with Crippen molar-refractivity contribution in [3.8, 4) is 0 Å². The number of aromatic nitrogens is 3. The van der Waals surface area contributed by atoms with Crippen molar-refractivity contribution in [2.75, 3.05) is 0 Å². The summed E-state index contributed by atoms with van der Waals surface area (Å²) in [5.41, 5.74) is 2.13. The van der Waals surface area contributed by atoms with Crippen LogP contribution in [0.2, 0.25) is 0 Å². The first-order valence-corrected chi connectivity index (χ1v) is 7.40. The van der Waals surface area contributed by atoms with Crippen LogP contribution in [-0.2, 0) is 12.8 Å². The average Bonchev–Trinajstić information content (AvgIpc) is 2.89. The van der Waals surface area contributed by atoms with E-state index in [0.29, 0.717) is 10.2 Å². The minimum Gasteiger partial charge on any atom is -0.224 e. The number of unbranched alkanes of at least 4 members (excludes halogenated alkanes) is 1. The quantitative estimate of drug-likeness (QED) is 0.529. The number of fused-ring (bicyclic) bond motifs is 1. The first kappa shape index (κ1) is 13.1. The molecule has 2 aromatic heterocycles. The van der Waals surface area contributed by atoms with Crippen LogP contribution in [0.15, 0.2) is 36.7 Å². The first-order chi connectivity index (χ1) is 9.84. The van der Waals surface area contributed by atoms with Crippen LogP contribution in [0.5, 0.6) is 0 Å². The van der Waals surface area contributed by atoms with E-state index in [1.807, 2.05) is 6.07 Å². The van der Waals surface area contributed by atoms with Gasteiger partial charge in [0, 0.05) is 0 Å². The van der Waals surface area contributed by atoms with Gasteiger partial charge in [-0.1, -0.05) is 30.3 Å². The number of hydrogen-bond acceptors (Lipinski definition) is 4. The van der Waals surface area contributed by atoms with E-state index in [1.165, 1.54) is 23.4 Å². The van der Waals surface area contributed by atoms with Gasteiger partial charge in [0.2, 0.25) is 5.95 Å². The summed E-state index contributed by atoms with van der Waals surface area (Å²) in [7, 11) is 0. The summed E-state index contributed by atoms with van der Waals surface area (Å²) >= 11 is 1.24. The standard InChI is InChI=1S/C15H14FN3S/c16-14-13-12(19-20-15(13)18-10-17-14)9-5-4-8-11-6-2-1-3-7-11/h1-3,6-7,10H,4-5,8-9H2. The van der Waals surface area contributed by atoms with Gasteiger partial charge in [-0.25, -0.2) is 9.97 Å². The van der Waals surface area contributed by atoms with Crippen LogP contribution in [0.3, 0.4) is 0 Å². The Labute approximate surface area is 120 Å². The van der Waals surface area contributed by atoms with Gasteiger partial charge in [0.05, 0.1) is 11.1 Å². The highest BCUT2D eigenvalue weighted by atomic mass is 32.1. The van der Waals surface area contributed by atoms with Gasteiger partial charge < -0.3 is 0 Å². The third-order valence-corrected chi connectivity index (χ3v) is 4.06. The monoisotopic (exact) mass is 287 g/mol. The van der Waals surface area contributed by atoms with E-state index < -0.39 is 5.95 Å². The second-order valence-electron chi connectivity index (χ2n) is 4.67. The maximum absolute atomic E-state index is 13.7. The highest BCUT2D eigenvalue weighted by Gasteiger charge is 2.12. The van der Waals surface area contributed by atoms with Crippen molar-refractivity contribution >= 4 is 21.7 Å². The van der Waals surface area contributed by atoms with E-state index in [1.54, 1.807) is 0 Å². The Bertz CT molecular complexity index is 697. The van der Waals surface area contributed by atoms with Gasteiger partial charge in [0.1, 0.15) is 11.2 Å². The lowest BCUT2D eigenvalue weighted by Crippen LogP contribution is -1.92. The minimum absolute atomic E-state index is 0.457. The normalized spacial score (nSPS) is 11.1. The fraction of sp³-hybridized carbons (Fsp3) is 0.267. The lowest BCUT2D eigenvalue weighted by atomic mass is 10.1. The molecule has 0 radical (unpaired) electrons. The molecule has 0 fully saturated rings. The maximum Gasteiger partial charge on any atom is 0.226 e. The molecule has 2 heterocycles. The number of benzene rings is 1. The number of nitrogens with zero attached hydrogens (tertiary/aromatic N) is 3. The van der Waals surface area contributed by atoms with E-state index in [9.17, 15) is 4.39 Å². The van der Waals surface area contributed by atoms with Crippen molar-refractivity contribution in [3.63, 3.8) is 0 Å².